The molecule has 0 atom stereocenters. The topological polar surface area (TPSA) is 32.3 Å². The van der Waals surface area contributed by atoms with Gasteiger partial charge < -0.3 is 10.4 Å². The van der Waals surface area contributed by atoms with Crippen molar-refractivity contribution in [3.8, 4) is 5.75 Å². The lowest BCUT2D eigenvalue weighted by atomic mass is 9.90. The molecule has 2 N–H and O–H groups in total. The van der Waals surface area contributed by atoms with E-state index in [1.54, 1.807) is 12.1 Å². The summed E-state index contributed by atoms with van der Waals surface area (Å²) in [7, 11) is 0. The molecule has 0 radical (unpaired) electrons. The van der Waals surface area contributed by atoms with Gasteiger partial charge >= 0.3 is 0 Å². The summed E-state index contributed by atoms with van der Waals surface area (Å²) < 4.78 is 0. The van der Waals surface area contributed by atoms with Crippen LogP contribution in [-0.2, 0) is 0 Å². The van der Waals surface area contributed by atoms with Gasteiger partial charge in [-0.2, -0.15) is 0 Å². The van der Waals surface area contributed by atoms with Crippen LogP contribution in [0.4, 0.5) is 0 Å². The van der Waals surface area contributed by atoms with E-state index < -0.39 is 0 Å². The maximum atomic E-state index is 9.71. The van der Waals surface area contributed by atoms with E-state index in [9.17, 15) is 5.11 Å². The van der Waals surface area contributed by atoms with Gasteiger partial charge in [-0.1, -0.05) is 11.6 Å². The average Bonchev–Trinajstić information content (AvgIpc) is 2.23. The Kier molecular flexibility index (Phi) is 4.71. The predicted octanol–water partition coefficient (Wildman–Crippen LogP) is 2.93. The Morgan fingerprint density at radius 1 is 1.27 bits per heavy atom. The molecule has 0 bridgehead atoms. The highest BCUT2D eigenvalue weighted by atomic mass is 35.5. The smallest absolute Gasteiger partial charge is 0.119 e. The minimum absolute atomic E-state index is 0. The first kappa shape index (κ1) is 12.6. The van der Waals surface area contributed by atoms with Gasteiger partial charge in [-0.3, -0.25) is 0 Å². The van der Waals surface area contributed by atoms with Crippen molar-refractivity contribution in [3.63, 3.8) is 0 Å². The number of nitrogens with one attached hydrogen (secondary N) is 1. The molecule has 0 aromatic heterocycles. The lowest BCUT2D eigenvalue weighted by molar-refractivity contribution is 0.424. The zero-order valence-electron chi connectivity index (χ0n) is 8.37. The molecule has 2 rings (SSSR count). The average molecular weight is 248 g/mol. The van der Waals surface area contributed by atoms with Crippen LogP contribution < -0.4 is 5.32 Å². The minimum Gasteiger partial charge on any atom is -0.508 e. The van der Waals surface area contributed by atoms with Crippen LogP contribution >= 0.6 is 24.0 Å². The van der Waals surface area contributed by atoms with Crippen LogP contribution in [0.2, 0.25) is 5.02 Å². The van der Waals surface area contributed by atoms with E-state index in [0.29, 0.717) is 16.7 Å². The quantitative estimate of drug-likeness (QED) is 0.800. The van der Waals surface area contributed by atoms with E-state index >= 15 is 0 Å². The Labute approximate surface area is 101 Å². The van der Waals surface area contributed by atoms with Crippen LogP contribution in [-0.4, -0.2) is 18.2 Å². The van der Waals surface area contributed by atoms with Crippen molar-refractivity contribution in [3.05, 3.63) is 28.8 Å². The van der Waals surface area contributed by atoms with Crippen molar-refractivity contribution in [1.82, 2.24) is 5.32 Å². The summed E-state index contributed by atoms with van der Waals surface area (Å²) in [4.78, 5) is 0. The highest BCUT2D eigenvalue weighted by Crippen LogP contribution is 2.33. The maximum absolute atomic E-state index is 9.71. The third kappa shape index (κ3) is 3.00. The van der Waals surface area contributed by atoms with E-state index in [4.69, 9.17) is 11.6 Å². The molecule has 1 aliphatic rings. The van der Waals surface area contributed by atoms with Crippen LogP contribution in [0, 0.1) is 0 Å². The minimum atomic E-state index is 0. The number of hydrogen-bond acceptors (Lipinski definition) is 2. The Balaban J connectivity index is 0.00000112. The van der Waals surface area contributed by atoms with E-state index in [0.717, 1.165) is 31.5 Å². The fourth-order valence-corrected chi connectivity index (χ4v) is 2.17. The molecule has 1 aromatic rings. The van der Waals surface area contributed by atoms with E-state index in [-0.39, 0.29) is 12.4 Å². The lowest BCUT2D eigenvalue weighted by Gasteiger charge is -2.23. The third-order valence-corrected chi connectivity index (χ3v) is 3.00. The normalized spacial score (nSPS) is 17.1. The zero-order valence-corrected chi connectivity index (χ0v) is 9.94. The van der Waals surface area contributed by atoms with Crippen LogP contribution in [0.15, 0.2) is 18.2 Å². The first-order valence-electron chi connectivity index (χ1n) is 4.96. The molecule has 1 fully saturated rings. The van der Waals surface area contributed by atoms with Gasteiger partial charge in [0.1, 0.15) is 5.75 Å². The standard InChI is InChI=1S/C11H14ClNO.ClH/c12-9-1-2-11(14)10(7-9)8-3-5-13-6-4-8;/h1-2,7-8,13-14H,3-6H2;1H. The summed E-state index contributed by atoms with van der Waals surface area (Å²) >= 11 is 5.91. The SMILES string of the molecule is Cl.Oc1ccc(Cl)cc1C1CCNCC1. The van der Waals surface area contributed by atoms with Crippen molar-refractivity contribution in [2.24, 2.45) is 0 Å². The number of aromatic hydroxyl groups is 1. The number of piperidine rings is 1. The van der Waals surface area contributed by atoms with Crippen molar-refractivity contribution in [1.29, 1.82) is 0 Å². The van der Waals surface area contributed by atoms with Gasteiger partial charge in [-0.15, -0.1) is 12.4 Å². The molecule has 4 heteroatoms. The highest BCUT2D eigenvalue weighted by Gasteiger charge is 2.18. The fraction of sp³-hybridized carbons (Fsp3) is 0.455. The number of hydrogen-bond donors (Lipinski definition) is 2. The molecule has 2 nitrogen and oxygen atoms in total. The second kappa shape index (κ2) is 5.59. The summed E-state index contributed by atoms with van der Waals surface area (Å²) in [6.07, 6.45) is 2.15. The number of halogens is 2. The van der Waals surface area contributed by atoms with Gasteiger partial charge in [0.15, 0.2) is 0 Å². The molecular formula is C11H15Cl2NO. The van der Waals surface area contributed by atoms with Crippen molar-refractivity contribution < 1.29 is 5.11 Å². The van der Waals surface area contributed by atoms with Crippen LogP contribution in [0.3, 0.4) is 0 Å². The molecule has 0 amide bonds. The molecule has 1 saturated heterocycles. The number of benzene rings is 1. The summed E-state index contributed by atoms with van der Waals surface area (Å²) in [6, 6.07) is 5.29. The summed E-state index contributed by atoms with van der Waals surface area (Å²) in [5.74, 6) is 0.830. The van der Waals surface area contributed by atoms with Crippen LogP contribution in [0.5, 0.6) is 5.75 Å². The summed E-state index contributed by atoms with van der Waals surface area (Å²) in [6.45, 7) is 2.05. The van der Waals surface area contributed by atoms with Gasteiger partial charge in [0.25, 0.3) is 0 Å². The zero-order chi connectivity index (χ0) is 9.97. The summed E-state index contributed by atoms with van der Waals surface area (Å²) in [5, 5.41) is 13.7. The second-order valence-electron chi connectivity index (χ2n) is 3.73. The van der Waals surface area contributed by atoms with Gasteiger partial charge in [0, 0.05) is 5.02 Å². The molecule has 0 unspecified atom stereocenters. The Bertz CT molecular complexity index is 324. The molecule has 84 valence electrons. The Morgan fingerprint density at radius 3 is 2.60 bits per heavy atom. The Morgan fingerprint density at radius 2 is 1.93 bits per heavy atom. The van der Waals surface area contributed by atoms with Crippen molar-refractivity contribution in [2.45, 2.75) is 18.8 Å². The van der Waals surface area contributed by atoms with E-state index in [1.165, 1.54) is 0 Å². The second-order valence-corrected chi connectivity index (χ2v) is 4.16. The van der Waals surface area contributed by atoms with E-state index in [2.05, 4.69) is 5.32 Å². The molecule has 0 saturated carbocycles. The van der Waals surface area contributed by atoms with Gasteiger partial charge in [-0.05, 0) is 55.6 Å². The Hall–Kier alpha value is -0.440. The molecule has 15 heavy (non-hydrogen) atoms. The number of phenolic OH excluding ortho intramolecular Hbond substituents is 1. The van der Waals surface area contributed by atoms with Crippen LogP contribution in [0.25, 0.3) is 0 Å². The molecule has 0 aliphatic carbocycles. The number of rotatable bonds is 1. The summed E-state index contributed by atoms with van der Waals surface area (Å²) in [5.41, 5.74) is 0.999. The van der Waals surface area contributed by atoms with Crippen molar-refractivity contribution >= 4 is 24.0 Å². The first-order valence-corrected chi connectivity index (χ1v) is 5.34. The molecule has 1 heterocycles. The monoisotopic (exact) mass is 247 g/mol. The molecule has 1 aliphatic heterocycles. The molecular weight excluding hydrogens is 233 g/mol. The molecule has 0 spiro atoms. The first-order chi connectivity index (χ1) is 6.77. The van der Waals surface area contributed by atoms with Gasteiger partial charge in [0.2, 0.25) is 0 Å². The maximum Gasteiger partial charge on any atom is 0.119 e. The fourth-order valence-electron chi connectivity index (χ4n) is 1.99. The predicted molar refractivity (Wildman–Crippen MR) is 65.2 cm³/mol. The lowest BCUT2D eigenvalue weighted by Crippen LogP contribution is -2.26. The van der Waals surface area contributed by atoms with Gasteiger partial charge in [-0.25, -0.2) is 0 Å². The van der Waals surface area contributed by atoms with Crippen molar-refractivity contribution in [2.75, 3.05) is 13.1 Å². The molecule has 1 aromatic carbocycles. The largest absolute Gasteiger partial charge is 0.508 e. The third-order valence-electron chi connectivity index (χ3n) is 2.77. The highest BCUT2D eigenvalue weighted by molar-refractivity contribution is 6.30. The van der Waals surface area contributed by atoms with E-state index in [1.807, 2.05) is 6.07 Å². The van der Waals surface area contributed by atoms with Gasteiger partial charge in [0.05, 0.1) is 0 Å². The number of phenols is 1. The van der Waals surface area contributed by atoms with Crippen LogP contribution in [0.1, 0.15) is 24.3 Å².